The van der Waals surface area contributed by atoms with Gasteiger partial charge in [0, 0.05) is 18.0 Å². The lowest BCUT2D eigenvalue weighted by Gasteiger charge is -2.31. The molecule has 0 bridgehead atoms. The fraction of sp³-hybridized carbons (Fsp3) is 0.368. The highest BCUT2D eigenvalue weighted by Crippen LogP contribution is 2.30. The molecule has 2 heterocycles. The van der Waals surface area contributed by atoms with Crippen LogP contribution < -0.4 is 10.1 Å². The summed E-state index contributed by atoms with van der Waals surface area (Å²) in [5.74, 6) is 3.54. The van der Waals surface area contributed by atoms with Gasteiger partial charge in [0.15, 0.2) is 0 Å². The van der Waals surface area contributed by atoms with Crippen LogP contribution in [0.5, 0.6) is 5.75 Å². The third-order valence-electron chi connectivity index (χ3n) is 4.50. The van der Waals surface area contributed by atoms with Crippen LogP contribution in [0.2, 0.25) is 0 Å². The second-order valence-electron chi connectivity index (χ2n) is 6.16. The van der Waals surface area contributed by atoms with Gasteiger partial charge in [-0.25, -0.2) is 0 Å². The number of aromatic nitrogens is 2. The molecule has 2 aromatic rings. The number of anilines is 1. The Balaban J connectivity index is 1.70. The first-order valence-electron chi connectivity index (χ1n) is 8.35. The Kier molecular flexibility index (Phi) is 5.36. The zero-order valence-corrected chi connectivity index (χ0v) is 14.3. The van der Waals surface area contributed by atoms with E-state index in [4.69, 9.17) is 11.2 Å². The fourth-order valence-electron chi connectivity index (χ4n) is 3.21. The molecule has 3 rings (SSSR count). The van der Waals surface area contributed by atoms with E-state index in [1.54, 1.807) is 37.6 Å². The average Bonchev–Trinajstić information content (AvgIpc) is 3.10. The summed E-state index contributed by atoms with van der Waals surface area (Å²) in [6, 6.07) is 7.01. The van der Waals surface area contributed by atoms with Gasteiger partial charge < -0.3 is 10.1 Å². The van der Waals surface area contributed by atoms with Crippen molar-refractivity contribution in [2.75, 3.05) is 32.1 Å². The normalized spacial score (nSPS) is 17.7. The smallest absolute Gasteiger partial charge is 0.255 e. The first-order chi connectivity index (χ1) is 12.2. The van der Waals surface area contributed by atoms with Gasteiger partial charge in [0.05, 0.1) is 31.2 Å². The standard InChI is InChI=1S/C19H22N4O2/c1-3-10-23-11-4-5-15(13-23)18-17(12-20-22-18)21-19(24)14-6-8-16(25-2)9-7-14/h1,6-9,12,15H,4-5,10-11,13H2,2H3,(H,20,22)(H,21,24). The van der Waals surface area contributed by atoms with Crippen LogP contribution in [0.1, 0.15) is 34.8 Å². The molecule has 25 heavy (non-hydrogen) atoms. The molecular weight excluding hydrogens is 316 g/mol. The summed E-state index contributed by atoms with van der Waals surface area (Å²) < 4.78 is 5.12. The minimum atomic E-state index is -0.165. The number of ether oxygens (including phenoxy) is 1. The molecule has 6 heteroatoms. The number of carbonyl (C=O) groups is 1. The average molecular weight is 338 g/mol. The molecule has 1 aliphatic rings. The number of methoxy groups -OCH3 is 1. The summed E-state index contributed by atoms with van der Waals surface area (Å²) in [6.07, 6.45) is 9.22. The van der Waals surface area contributed by atoms with E-state index in [0.29, 0.717) is 12.1 Å². The topological polar surface area (TPSA) is 70.2 Å². The number of hydrogen-bond acceptors (Lipinski definition) is 4. The number of hydrogen-bond donors (Lipinski definition) is 2. The van der Waals surface area contributed by atoms with Crippen molar-refractivity contribution in [2.45, 2.75) is 18.8 Å². The molecule has 1 saturated heterocycles. The summed E-state index contributed by atoms with van der Waals surface area (Å²) in [4.78, 5) is 14.7. The summed E-state index contributed by atoms with van der Waals surface area (Å²) in [6.45, 7) is 2.54. The van der Waals surface area contributed by atoms with Crippen molar-refractivity contribution >= 4 is 11.6 Å². The Morgan fingerprint density at radius 3 is 3.00 bits per heavy atom. The third-order valence-corrected chi connectivity index (χ3v) is 4.50. The maximum Gasteiger partial charge on any atom is 0.255 e. The molecule has 1 aromatic carbocycles. The highest BCUT2D eigenvalue weighted by molar-refractivity contribution is 6.04. The number of nitrogens with zero attached hydrogens (tertiary/aromatic N) is 2. The number of terminal acetylenes is 1. The Bertz CT molecular complexity index is 760. The van der Waals surface area contributed by atoms with Crippen molar-refractivity contribution in [1.29, 1.82) is 0 Å². The quantitative estimate of drug-likeness (QED) is 0.822. The van der Waals surface area contributed by atoms with E-state index in [1.165, 1.54) is 0 Å². The predicted molar refractivity (Wildman–Crippen MR) is 96.8 cm³/mol. The number of benzene rings is 1. The lowest BCUT2D eigenvalue weighted by atomic mass is 9.94. The minimum absolute atomic E-state index is 0.165. The Morgan fingerprint density at radius 1 is 1.48 bits per heavy atom. The van der Waals surface area contributed by atoms with Crippen molar-refractivity contribution < 1.29 is 9.53 Å². The fourth-order valence-corrected chi connectivity index (χ4v) is 3.21. The van der Waals surface area contributed by atoms with Crippen LogP contribution in [0.4, 0.5) is 5.69 Å². The van der Waals surface area contributed by atoms with Gasteiger partial charge in [-0.15, -0.1) is 6.42 Å². The Hall–Kier alpha value is -2.78. The van der Waals surface area contributed by atoms with E-state index in [1.807, 2.05) is 0 Å². The van der Waals surface area contributed by atoms with Crippen molar-refractivity contribution in [3.05, 3.63) is 41.7 Å². The Labute approximate surface area is 147 Å². The van der Waals surface area contributed by atoms with Gasteiger partial charge in [-0.2, -0.15) is 5.10 Å². The molecular formula is C19H22N4O2. The van der Waals surface area contributed by atoms with Gasteiger partial charge in [0.25, 0.3) is 5.91 Å². The van der Waals surface area contributed by atoms with Gasteiger partial charge in [-0.3, -0.25) is 14.8 Å². The summed E-state index contributed by atoms with van der Waals surface area (Å²) >= 11 is 0. The van der Waals surface area contributed by atoms with Crippen molar-refractivity contribution in [2.24, 2.45) is 0 Å². The number of rotatable bonds is 5. The second-order valence-corrected chi connectivity index (χ2v) is 6.16. The van der Waals surface area contributed by atoms with Crippen LogP contribution in [0, 0.1) is 12.3 Å². The number of likely N-dealkylation sites (tertiary alicyclic amines) is 1. The van der Waals surface area contributed by atoms with E-state index >= 15 is 0 Å². The predicted octanol–water partition coefficient (Wildman–Crippen LogP) is 2.48. The molecule has 2 N–H and O–H groups in total. The Morgan fingerprint density at radius 2 is 2.28 bits per heavy atom. The van der Waals surface area contributed by atoms with Gasteiger partial charge in [0.1, 0.15) is 5.75 Å². The third kappa shape index (κ3) is 4.01. The molecule has 1 atom stereocenters. The lowest BCUT2D eigenvalue weighted by molar-refractivity contribution is 0.102. The first-order valence-corrected chi connectivity index (χ1v) is 8.35. The van der Waals surface area contributed by atoms with Crippen molar-refractivity contribution in [1.82, 2.24) is 15.1 Å². The molecule has 0 aliphatic carbocycles. The number of nitrogens with one attached hydrogen (secondary N) is 2. The molecule has 130 valence electrons. The zero-order valence-electron chi connectivity index (χ0n) is 14.3. The number of amides is 1. The number of aromatic amines is 1. The van der Waals surface area contributed by atoms with Gasteiger partial charge >= 0.3 is 0 Å². The van der Waals surface area contributed by atoms with Crippen LogP contribution in [-0.4, -0.2) is 47.7 Å². The maximum absolute atomic E-state index is 12.5. The monoisotopic (exact) mass is 338 g/mol. The summed E-state index contributed by atoms with van der Waals surface area (Å²) in [7, 11) is 1.60. The van der Waals surface area contributed by atoms with Crippen molar-refractivity contribution in [3.63, 3.8) is 0 Å². The van der Waals surface area contributed by atoms with E-state index in [0.717, 1.165) is 43.1 Å². The van der Waals surface area contributed by atoms with Crippen LogP contribution >= 0.6 is 0 Å². The van der Waals surface area contributed by atoms with Gasteiger partial charge in [-0.05, 0) is 43.7 Å². The van der Waals surface area contributed by atoms with Crippen molar-refractivity contribution in [3.8, 4) is 18.1 Å². The van der Waals surface area contributed by atoms with E-state index in [2.05, 4.69) is 26.3 Å². The zero-order chi connectivity index (χ0) is 17.6. The molecule has 0 radical (unpaired) electrons. The molecule has 1 unspecified atom stereocenters. The number of piperidine rings is 1. The summed E-state index contributed by atoms with van der Waals surface area (Å²) in [5, 5.41) is 10.1. The van der Waals surface area contributed by atoms with E-state index in [-0.39, 0.29) is 11.8 Å². The lowest BCUT2D eigenvalue weighted by Crippen LogP contribution is -2.35. The number of H-pyrrole nitrogens is 1. The highest BCUT2D eigenvalue weighted by Gasteiger charge is 2.25. The van der Waals surface area contributed by atoms with E-state index in [9.17, 15) is 4.79 Å². The number of carbonyl (C=O) groups excluding carboxylic acids is 1. The minimum Gasteiger partial charge on any atom is -0.497 e. The highest BCUT2D eigenvalue weighted by atomic mass is 16.5. The van der Waals surface area contributed by atoms with Crippen LogP contribution in [0.15, 0.2) is 30.5 Å². The molecule has 6 nitrogen and oxygen atoms in total. The maximum atomic E-state index is 12.5. The molecule has 1 aliphatic heterocycles. The largest absolute Gasteiger partial charge is 0.497 e. The van der Waals surface area contributed by atoms with E-state index < -0.39 is 0 Å². The van der Waals surface area contributed by atoms with Crippen LogP contribution in [0.25, 0.3) is 0 Å². The first kappa shape index (κ1) is 17.1. The molecule has 0 spiro atoms. The van der Waals surface area contributed by atoms with Crippen LogP contribution in [-0.2, 0) is 0 Å². The molecule has 1 fully saturated rings. The molecule has 1 aromatic heterocycles. The second kappa shape index (κ2) is 7.86. The summed E-state index contributed by atoms with van der Waals surface area (Å²) in [5.41, 5.74) is 2.27. The molecule has 1 amide bonds. The van der Waals surface area contributed by atoms with Crippen LogP contribution in [0.3, 0.4) is 0 Å². The van der Waals surface area contributed by atoms with Gasteiger partial charge in [-0.1, -0.05) is 5.92 Å². The SMILES string of the molecule is C#CCN1CCCC(c2[nH]ncc2NC(=O)c2ccc(OC)cc2)C1. The molecule has 0 saturated carbocycles. The van der Waals surface area contributed by atoms with Gasteiger partial charge in [0.2, 0.25) is 0 Å².